The van der Waals surface area contributed by atoms with Crippen LogP contribution in [0, 0.1) is 5.41 Å². The van der Waals surface area contributed by atoms with Crippen LogP contribution in [-0.4, -0.2) is 11.1 Å². The van der Waals surface area contributed by atoms with Crippen molar-refractivity contribution in [3.05, 3.63) is 35.9 Å². The minimum Gasteiger partial charge on any atom is -0.481 e. The third kappa shape index (κ3) is 6.05. The van der Waals surface area contributed by atoms with E-state index in [4.69, 9.17) is 0 Å². The molecule has 2 nitrogen and oxygen atoms in total. The van der Waals surface area contributed by atoms with Crippen molar-refractivity contribution >= 4 is 5.97 Å². The maximum Gasteiger partial charge on any atom is 0.309 e. The second-order valence-corrected chi connectivity index (χ2v) is 5.65. The summed E-state index contributed by atoms with van der Waals surface area (Å²) in [7, 11) is 0. The van der Waals surface area contributed by atoms with Gasteiger partial charge in [0.05, 0.1) is 5.41 Å². The van der Waals surface area contributed by atoms with Crippen molar-refractivity contribution in [2.75, 3.05) is 0 Å². The molecule has 0 bridgehead atoms. The van der Waals surface area contributed by atoms with Crippen molar-refractivity contribution in [3.63, 3.8) is 0 Å². The molecule has 0 aliphatic heterocycles. The van der Waals surface area contributed by atoms with E-state index >= 15 is 0 Å². The number of rotatable bonds is 5. The van der Waals surface area contributed by atoms with E-state index in [-0.39, 0.29) is 38.1 Å². The minimum absolute atomic E-state index is 0. The first-order chi connectivity index (χ1) is 8.82. The Morgan fingerprint density at radius 2 is 1.55 bits per heavy atom. The molecule has 1 aromatic carbocycles. The smallest absolute Gasteiger partial charge is 0.309 e. The van der Waals surface area contributed by atoms with Crippen LogP contribution in [0.5, 0.6) is 0 Å². The maximum absolute atomic E-state index is 11.4. The number of aliphatic carboxylic acids is 1. The van der Waals surface area contributed by atoms with E-state index in [2.05, 4.69) is 26.0 Å². The Labute approximate surface area is 149 Å². The van der Waals surface area contributed by atoms with Crippen LogP contribution >= 0.6 is 0 Å². The molecule has 0 spiro atoms. The number of benzene rings is 1. The summed E-state index contributed by atoms with van der Waals surface area (Å²) in [6.45, 7) is 12.0. The Balaban J connectivity index is 0. The SMILES string of the molecule is CC.CCC(C)(CC(C)(C)c1ccccc1)C(=O)O.[Y]. The van der Waals surface area contributed by atoms with Crippen LogP contribution in [0.25, 0.3) is 0 Å². The van der Waals surface area contributed by atoms with Crippen LogP contribution in [0.4, 0.5) is 0 Å². The summed E-state index contributed by atoms with van der Waals surface area (Å²) in [5.74, 6) is -0.705. The Kier molecular flexibility index (Phi) is 10.7. The Morgan fingerprint density at radius 3 is 1.90 bits per heavy atom. The van der Waals surface area contributed by atoms with Crippen molar-refractivity contribution in [1.29, 1.82) is 0 Å². The van der Waals surface area contributed by atoms with Gasteiger partial charge in [0, 0.05) is 32.7 Å². The van der Waals surface area contributed by atoms with Gasteiger partial charge < -0.3 is 5.11 Å². The fourth-order valence-corrected chi connectivity index (χ4v) is 2.32. The van der Waals surface area contributed by atoms with E-state index in [0.717, 1.165) is 0 Å². The van der Waals surface area contributed by atoms with E-state index in [9.17, 15) is 9.90 Å². The topological polar surface area (TPSA) is 37.3 Å². The summed E-state index contributed by atoms with van der Waals surface area (Å²) in [5.41, 5.74) is 0.421. The van der Waals surface area contributed by atoms with Crippen molar-refractivity contribution in [3.8, 4) is 0 Å². The molecule has 111 valence electrons. The molecule has 1 N–H and O–H groups in total. The molecule has 0 amide bonds. The van der Waals surface area contributed by atoms with Crippen molar-refractivity contribution in [1.82, 2.24) is 0 Å². The average Bonchev–Trinajstić information content (AvgIpc) is 2.41. The zero-order chi connectivity index (χ0) is 15.1. The molecule has 20 heavy (non-hydrogen) atoms. The van der Waals surface area contributed by atoms with Gasteiger partial charge in [-0.2, -0.15) is 0 Å². The van der Waals surface area contributed by atoms with E-state index in [1.807, 2.05) is 45.9 Å². The fraction of sp³-hybridized carbons (Fsp3) is 0.588. The molecule has 0 aliphatic carbocycles. The van der Waals surface area contributed by atoms with Crippen molar-refractivity contribution in [2.24, 2.45) is 5.41 Å². The largest absolute Gasteiger partial charge is 0.481 e. The number of carbonyl (C=O) groups is 1. The van der Waals surface area contributed by atoms with Gasteiger partial charge in [0.25, 0.3) is 0 Å². The van der Waals surface area contributed by atoms with Gasteiger partial charge in [0.2, 0.25) is 0 Å². The first-order valence-corrected chi connectivity index (χ1v) is 7.11. The first kappa shape index (κ1) is 22.1. The second kappa shape index (κ2) is 9.68. The van der Waals surface area contributed by atoms with Crippen LogP contribution in [0.3, 0.4) is 0 Å². The molecule has 1 rings (SSSR count). The van der Waals surface area contributed by atoms with Gasteiger partial charge in [-0.15, -0.1) is 0 Å². The molecule has 1 radical (unpaired) electrons. The summed E-state index contributed by atoms with van der Waals surface area (Å²) in [6, 6.07) is 10.1. The standard InChI is InChI=1S/C15H22O2.C2H6.Y/c1-5-15(4,13(16)17)11-14(2,3)12-9-7-6-8-10-12;1-2;/h6-10H,5,11H2,1-4H3,(H,16,17);1-2H3;. The van der Waals surface area contributed by atoms with Gasteiger partial charge in [0.1, 0.15) is 0 Å². The molecular formula is C17H28O2Y. The average molecular weight is 353 g/mol. The quantitative estimate of drug-likeness (QED) is 0.819. The molecule has 1 atom stereocenters. The molecule has 0 aromatic heterocycles. The predicted molar refractivity (Wildman–Crippen MR) is 81.5 cm³/mol. The first-order valence-electron chi connectivity index (χ1n) is 7.11. The van der Waals surface area contributed by atoms with Gasteiger partial charge in [-0.05, 0) is 30.7 Å². The Morgan fingerprint density at radius 1 is 1.10 bits per heavy atom. The Hall–Kier alpha value is -0.206. The number of carboxylic acid groups (broad SMARTS) is 1. The van der Waals surface area contributed by atoms with E-state index in [1.54, 1.807) is 0 Å². The van der Waals surface area contributed by atoms with Gasteiger partial charge in [0.15, 0.2) is 0 Å². The zero-order valence-electron chi connectivity index (χ0n) is 13.7. The molecule has 0 saturated carbocycles. The second-order valence-electron chi connectivity index (χ2n) is 5.65. The van der Waals surface area contributed by atoms with Gasteiger partial charge in [-0.3, -0.25) is 4.79 Å². The maximum atomic E-state index is 11.4. The van der Waals surface area contributed by atoms with Crippen LogP contribution in [0.2, 0.25) is 0 Å². The zero-order valence-corrected chi connectivity index (χ0v) is 16.6. The van der Waals surface area contributed by atoms with Gasteiger partial charge >= 0.3 is 5.97 Å². The van der Waals surface area contributed by atoms with Gasteiger partial charge in [-0.1, -0.05) is 65.0 Å². The van der Waals surface area contributed by atoms with Crippen LogP contribution in [0.15, 0.2) is 30.3 Å². The van der Waals surface area contributed by atoms with E-state index in [1.165, 1.54) is 5.56 Å². The summed E-state index contributed by atoms with van der Waals surface area (Å²) in [5, 5.41) is 9.34. The molecular weight excluding hydrogens is 325 g/mol. The normalized spacial score (nSPS) is 13.3. The van der Waals surface area contributed by atoms with Crippen LogP contribution in [-0.2, 0) is 42.9 Å². The summed E-state index contributed by atoms with van der Waals surface area (Å²) < 4.78 is 0. The summed E-state index contributed by atoms with van der Waals surface area (Å²) in [4.78, 5) is 11.4. The van der Waals surface area contributed by atoms with E-state index in [0.29, 0.717) is 12.8 Å². The predicted octanol–water partition coefficient (Wildman–Crippen LogP) is 4.88. The third-order valence-corrected chi connectivity index (χ3v) is 3.68. The number of hydrogen-bond acceptors (Lipinski definition) is 1. The molecule has 3 heteroatoms. The monoisotopic (exact) mass is 353 g/mol. The number of carboxylic acids is 1. The van der Waals surface area contributed by atoms with Crippen LogP contribution in [0.1, 0.15) is 59.9 Å². The van der Waals surface area contributed by atoms with Crippen molar-refractivity contribution in [2.45, 2.75) is 59.8 Å². The molecule has 0 saturated heterocycles. The summed E-state index contributed by atoms with van der Waals surface area (Å²) >= 11 is 0. The molecule has 0 fully saturated rings. The fourth-order valence-electron chi connectivity index (χ4n) is 2.32. The number of hydrogen-bond donors (Lipinski definition) is 1. The minimum atomic E-state index is -0.705. The summed E-state index contributed by atoms with van der Waals surface area (Å²) in [6.07, 6.45) is 1.30. The molecule has 0 heterocycles. The molecule has 1 aromatic rings. The van der Waals surface area contributed by atoms with Crippen LogP contribution < -0.4 is 0 Å². The van der Waals surface area contributed by atoms with Gasteiger partial charge in [-0.25, -0.2) is 0 Å². The third-order valence-electron chi connectivity index (χ3n) is 3.68. The van der Waals surface area contributed by atoms with Crippen molar-refractivity contribution < 1.29 is 42.6 Å². The van der Waals surface area contributed by atoms with E-state index < -0.39 is 11.4 Å². The molecule has 0 aliphatic rings. The molecule has 1 unspecified atom stereocenters. The Bertz CT molecular complexity index is 387.